The highest BCUT2D eigenvalue weighted by atomic mass is 19.3. The van der Waals surface area contributed by atoms with Gasteiger partial charge in [0.15, 0.2) is 0 Å². The van der Waals surface area contributed by atoms with E-state index in [1.54, 1.807) is 0 Å². The highest BCUT2D eigenvalue weighted by Crippen LogP contribution is 2.25. The van der Waals surface area contributed by atoms with E-state index in [0.29, 0.717) is 0 Å². The zero-order valence-corrected chi connectivity index (χ0v) is 6.35. The summed E-state index contributed by atoms with van der Waals surface area (Å²) in [6.45, 7) is 0. The Hall–Kier alpha value is -1.19. The summed E-state index contributed by atoms with van der Waals surface area (Å²) in [5.41, 5.74) is -0.630. The van der Waals surface area contributed by atoms with E-state index in [2.05, 4.69) is 4.74 Å². The molecule has 0 aromatic heterocycles. The molecule has 0 aliphatic rings. The summed E-state index contributed by atoms with van der Waals surface area (Å²) in [5, 5.41) is 0. The molecule has 12 heavy (non-hydrogen) atoms. The fraction of sp³-hybridized carbons (Fsp3) is 0.250. The largest absolute Gasteiger partial charge is 0.497 e. The van der Waals surface area contributed by atoms with Gasteiger partial charge in [-0.3, -0.25) is 0 Å². The molecule has 4 heteroatoms. The number of alkyl halides is 2. The molecule has 0 saturated heterocycles. The van der Waals surface area contributed by atoms with Gasteiger partial charge < -0.3 is 4.74 Å². The van der Waals surface area contributed by atoms with Gasteiger partial charge in [-0.05, 0) is 18.2 Å². The van der Waals surface area contributed by atoms with Crippen molar-refractivity contribution in [3.63, 3.8) is 0 Å². The molecular weight excluding hydrogens is 169 g/mol. The summed E-state index contributed by atoms with van der Waals surface area (Å²) in [5.74, 6) is -0.683. The Morgan fingerprint density at radius 1 is 1.33 bits per heavy atom. The molecule has 0 fully saturated rings. The molecule has 1 nitrogen and oxygen atoms in total. The molecule has 0 radical (unpaired) electrons. The fourth-order valence-electron chi connectivity index (χ4n) is 0.816. The smallest absolute Gasteiger partial charge is 0.266 e. The van der Waals surface area contributed by atoms with Crippen LogP contribution in [0.1, 0.15) is 12.0 Å². The van der Waals surface area contributed by atoms with Crippen molar-refractivity contribution < 1.29 is 17.9 Å². The van der Waals surface area contributed by atoms with E-state index < -0.39 is 17.8 Å². The summed E-state index contributed by atoms with van der Waals surface area (Å²) >= 11 is 0. The maximum atomic E-state index is 12.6. The molecule has 0 N–H and O–H groups in total. The molecule has 1 rings (SSSR count). The van der Waals surface area contributed by atoms with Gasteiger partial charge in [-0.15, -0.1) is 0 Å². The third-order valence-electron chi connectivity index (χ3n) is 1.44. The first-order valence-electron chi connectivity index (χ1n) is 3.26. The monoisotopic (exact) mass is 176 g/mol. The lowest BCUT2D eigenvalue weighted by Crippen LogP contribution is -1.92. The van der Waals surface area contributed by atoms with Gasteiger partial charge >= 0.3 is 0 Å². The van der Waals surface area contributed by atoms with Gasteiger partial charge in [0.2, 0.25) is 0 Å². The SMILES string of the molecule is COc1ccc(F)c(C(F)F)c1. The Morgan fingerprint density at radius 3 is 2.50 bits per heavy atom. The Balaban J connectivity index is 3.08. The fourth-order valence-corrected chi connectivity index (χ4v) is 0.816. The van der Waals surface area contributed by atoms with E-state index >= 15 is 0 Å². The highest BCUT2D eigenvalue weighted by Gasteiger charge is 2.13. The molecule has 66 valence electrons. The molecule has 1 aromatic rings. The van der Waals surface area contributed by atoms with E-state index in [-0.39, 0.29) is 5.75 Å². The lowest BCUT2D eigenvalue weighted by Gasteiger charge is -2.04. The molecular formula is C8H7F3O. The quantitative estimate of drug-likeness (QED) is 0.673. The summed E-state index contributed by atoms with van der Waals surface area (Å²) in [4.78, 5) is 0. The van der Waals surface area contributed by atoms with E-state index in [0.717, 1.165) is 12.1 Å². The summed E-state index contributed by atoms with van der Waals surface area (Å²) in [6, 6.07) is 3.24. The highest BCUT2D eigenvalue weighted by molar-refractivity contribution is 5.30. The van der Waals surface area contributed by atoms with Crippen LogP contribution in [0.2, 0.25) is 0 Å². The molecule has 0 amide bonds. The van der Waals surface area contributed by atoms with Crippen LogP contribution in [0.4, 0.5) is 13.2 Å². The van der Waals surface area contributed by atoms with Crippen molar-refractivity contribution in [2.75, 3.05) is 7.11 Å². The number of hydrogen-bond acceptors (Lipinski definition) is 1. The third-order valence-corrected chi connectivity index (χ3v) is 1.44. The van der Waals surface area contributed by atoms with Crippen molar-refractivity contribution in [1.82, 2.24) is 0 Å². The minimum absolute atomic E-state index is 0.228. The third kappa shape index (κ3) is 1.69. The first kappa shape index (κ1) is 8.90. The standard InChI is InChI=1S/C8H7F3O/c1-12-5-2-3-7(9)6(4-5)8(10)11/h2-4,8H,1H3. The predicted octanol–water partition coefficient (Wildman–Crippen LogP) is 2.77. The lowest BCUT2D eigenvalue weighted by atomic mass is 10.2. The summed E-state index contributed by atoms with van der Waals surface area (Å²) < 4.78 is 41.4. The van der Waals surface area contributed by atoms with E-state index in [1.807, 2.05) is 0 Å². The van der Waals surface area contributed by atoms with Crippen molar-refractivity contribution in [2.45, 2.75) is 6.43 Å². The zero-order valence-electron chi connectivity index (χ0n) is 6.35. The Labute approximate surface area is 67.8 Å². The van der Waals surface area contributed by atoms with Gasteiger partial charge in [0.1, 0.15) is 11.6 Å². The number of ether oxygens (including phenoxy) is 1. The van der Waals surface area contributed by atoms with Gasteiger partial charge in [0, 0.05) is 0 Å². The van der Waals surface area contributed by atoms with Crippen molar-refractivity contribution in [2.24, 2.45) is 0 Å². The Kier molecular flexibility index (Phi) is 2.58. The number of halogens is 3. The number of hydrogen-bond donors (Lipinski definition) is 0. The van der Waals surface area contributed by atoms with Crippen molar-refractivity contribution in [1.29, 1.82) is 0 Å². The van der Waals surface area contributed by atoms with E-state index in [9.17, 15) is 13.2 Å². The molecule has 0 bridgehead atoms. The topological polar surface area (TPSA) is 9.23 Å². The molecule has 0 unspecified atom stereocenters. The number of rotatable bonds is 2. The number of benzene rings is 1. The normalized spacial score (nSPS) is 10.4. The minimum Gasteiger partial charge on any atom is -0.497 e. The van der Waals surface area contributed by atoms with Crippen LogP contribution in [0, 0.1) is 5.82 Å². The van der Waals surface area contributed by atoms with Crippen molar-refractivity contribution in [3.8, 4) is 5.75 Å². The van der Waals surface area contributed by atoms with Gasteiger partial charge in [-0.2, -0.15) is 0 Å². The van der Waals surface area contributed by atoms with Gasteiger partial charge in [0.05, 0.1) is 12.7 Å². The van der Waals surface area contributed by atoms with Crippen LogP contribution < -0.4 is 4.74 Å². The van der Waals surface area contributed by atoms with Crippen LogP contribution in [-0.2, 0) is 0 Å². The maximum Gasteiger partial charge on any atom is 0.266 e. The van der Waals surface area contributed by atoms with Crippen LogP contribution in [0.5, 0.6) is 5.75 Å². The first-order chi connectivity index (χ1) is 5.65. The molecule has 0 aliphatic heterocycles. The van der Waals surface area contributed by atoms with E-state index in [4.69, 9.17) is 0 Å². The summed E-state index contributed by atoms with van der Waals surface area (Å²) in [6.07, 6.45) is -2.81. The number of methoxy groups -OCH3 is 1. The molecule has 0 atom stereocenters. The second kappa shape index (κ2) is 3.47. The molecule has 0 saturated carbocycles. The van der Waals surface area contributed by atoms with Crippen LogP contribution in [0.3, 0.4) is 0 Å². The van der Waals surface area contributed by atoms with Gasteiger partial charge in [0.25, 0.3) is 6.43 Å². The van der Waals surface area contributed by atoms with Crippen molar-refractivity contribution >= 4 is 0 Å². The second-order valence-electron chi connectivity index (χ2n) is 2.19. The minimum atomic E-state index is -2.81. The Morgan fingerprint density at radius 2 is 2.00 bits per heavy atom. The summed E-state index contributed by atoms with van der Waals surface area (Å²) in [7, 11) is 1.34. The van der Waals surface area contributed by atoms with Gasteiger partial charge in [-0.25, -0.2) is 13.2 Å². The van der Waals surface area contributed by atoms with E-state index in [1.165, 1.54) is 13.2 Å². The average Bonchev–Trinajstić information content (AvgIpc) is 2.05. The van der Waals surface area contributed by atoms with Crippen LogP contribution in [0.15, 0.2) is 18.2 Å². The van der Waals surface area contributed by atoms with Crippen LogP contribution >= 0.6 is 0 Å². The zero-order chi connectivity index (χ0) is 9.14. The lowest BCUT2D eigenvalue weighted by molar-refractivity contribution is 0.146. The first-order valence-corrected chi connectivity index (χ1v) is 3.26. The van der Waals surface area contributed by atoms with Gasteiger partial charge in [-0.1, -0.05) is 0 Å². The average molecular weight is 176 g/mol. The molecule has 0 heterocycles. The van der Waals surface area contributed by atoms with Crippen LogP contribution in [0.25, 0.3) is 0 Å². The molecule has 0 aliphatic carbocycles. The second-order valence-corrected chi connectivity index (χ2v) is 2.19. The molecule has 1 aromatic carbocycles. The Bertz CT molecular complexity index is 273. The molecule has 0 spiro atoms. The predicted molar refractivity (Wildman–Crippen MR) is 37.9 cm³/mol. The van der Waals surface area contributed by atoms with Crippen LogP contribution in [-0.4, -0.2) is 7.11 Å². The van der Waals surface area contributed by atoms with Crippen molar-refractivity contribution in [3.05, 3.63) is 29.6 Å². The maximum absolute atomic E-state index is 12.6.